The minimum absolute atomic E-state index is 0.0636. The molecule has 0 radical (unpaired) electrons. The standard InChI is InChI=1S/C10H15NO5SSi/c1-18(2,3)8-16-17(14,15)10-6-4-9(5-7-10)11(12)13/h4-7H,8H2,1-3H3. The molecule has 0 aliphatic heterocycles. The highest BCUT2D eigenvalue weighted by molar-refractivity contribution is 7.86. The summed E-state index contributed by atoms with van der Waals surface area (Å²) in [6.07, 6.45) is 0.187. The number of hydrogen-bond donors (Lipinski definition) is 0. The number of nitrogens with zero attached hydrogens (tertiary/aromatic N) is 1. The molecule has 0 aliphatic carbocycles. The molecule has 0 spiro atoms. The van der Waals surface area contributed by atoms with Gasteiger partial charge in [-0.05, 0) is 12.1 Å². The van der Waals surface area contributed by atoms with Crippen LogP contribution in [0, 0.1) is 10.1 Å². The highest BCUT2D eigenvalue weighted by Crippen LogP contribution is 2.18. The SMILES string of the molecule is C[Si](C)(C)COS(=O)(=O)c1ccc([N+](=O)[O-])cc1. The molecule has 0 unspecified atom stereocenters. The topological polar surface area (TPSA) is 86.5 Å². The van der Waals surface area contributed by atoms with Crippen LogP contribution in [0.1, 0.15) is 0 Å². The summed E-state index contributed by atoms with van der Waals surface area (Å²) >= 11 is 0. The van der Waals surface area contributed by atoms with Crippen LogP contribution in [0.3, 0.4) is 0 Å². The first-order valence-corrected chi connectivity index (χ1v) is 10.4. The van der Waals surface area contributed by atoms with E-state index in [1.807, 2.05) is 19.6 Å². The summed E-state index contributed by atoms with van der Waals surface area (Å²) in [5.74, 6) is 0. The molecule has 100 valence electrons. The smallest absolute Gasteiger partial charge is 0.270 e. The van der Waals surface area contributed by atoms with Crippen LogP contribution in [-0.2, 0) is 14.3 Å². The van der Waals surface area contributed by atoms with Gasteiger partial charge in [-0.2, -0.15) is 8.42 Å². The molecule has 0 amide bonds. The van der Waals surface area contributed by atoms with E-state index in [2.05, 4.69) is 0 Å². The molecule has 0 fully saturated rings. The van der Waals surface area contributed by atoms with Crippen LogP contribution < -0.4 is 0 Å². The van der Waals surface area contributed by atoms with Gasteiger partial charge in [-0.1, -0.05) is 19.6 Å². The summed E-state index contributed by atoms with van der Waals surface area (Å²) in [5.41, 5.74) is -0.154. The van der Waals surface area contributed by atoms with Crippen molar-refractivity contribution in [1.82, 2.24) is 0 Å². The fourth-order valence-electron chi connectivity index (χ4n) is 1.06. The summed E-state index contributed by atoms with van der Waals surface area (Å²) < 4.78 is 28.5. The van der Waals surface area contributed by atoms with E-state index in [1.165, 1.54) is 12.1 Å². The lowest BCUT2D eigenvalue weighted by atomic mass is 10.3. The van der Waals surface area contributed by atoms with Crippen LogP contribution >= 0.6 is 0 Å². The Labute approximate surface area is 107 Å². The van der Waals surface area contributed by atoms with Gasteiger partial charge < -0.3 is 0 Å². The van der Waals surface area contributed by atoms with Gasteiger partial charge in [0.15, 0.2) is 0 Å². The van der Waals surface area contributed by atoms with E-state index >= 15 is 0 Å². The van der Waals surface area contributed by atoms with Crippen molar-refractivity contribution in [1.29, 1.82) is 0 Å². The van der Waals surface area contributed by atoms with Gasteiger partial charge in [0.2, 0.25) is 0 Å². The van der Waals surface area contributed by atoms with E-state index < -0.39 is 23.1 Å². The molecule has 8 heteroatoms. The molecule has 0 aromatic heterocycles. The number of nitro benzene ring substituents is 1. The van der Waals surface area contributed by atoms with Crippen molar-refractivity contribution < 1.29 is 17.5 Å². The molecule has 0 heterocycles. The first kappa shape index (κ1) is 14.8. The maximum atomic E-state index is 11.8. The van der Waals surface area contributed by atoms with E-state index in [-0.39, 0.29) is 16.8 Å². The lowest BCUT2D eigenvalue weighted by Gasteiger charge is -2.15. The van der Waals surface area contributed by atoms with Gasteiger partial charge in [0.1, 0.15) is 0 Å². The number of rotatable bonds is 5. The molecule has 0 atom stereocenters. The summed E-state index contributed by atoms with van der Waals surface area (Å²) in [6, 6.07) is 4.64. The van der Waals surface area contributed by atoms with Crippen molar-refractivity contribution in [2.45, 2.75) is 24.5 Å². The molecule has 0 aliphatic rings. The van der Waals surface area contributed by atoms with Gasteiger partial charge in [-0.15, -0.1) is 0 Å². The van der Waals surface area contributed by atoms with Crippen molar-refractivity contribution in [2.75, 3.05) is 6.23 Å². The molecule has 0 saturated carbocycles. The van der Waals surface area contributed by atoms with Crippen LogP contribution in [0.4, 0.5) is 5.69 Å². The lowest BCUT2D eigenvalue weighted by Crippen LogP contribution is -2.29. The maximum Gasteiger partial charge on any atom is 0.296 e. The van der Waals surface area contributed by atoms with Gasteiger partial charge in [0, 0.05) is 12.1 Å². The van der Waals surface area contributed by atoms with Gasteiger partial charge in [-0.3, -0.25) is 14.3 Å². The summed E-state index contributed by atoms with van der Waals surface area (Å²) in [7, 11) is -5.46. The lowest BCUT2D eigenvalue weighted by molar-refractivity contribution is -0.384. The normalized spacial score (nSPS) is 12.4. The van der Waals surface area contributed by atoms with Gasteiger partial charge in [0.05, 0.1) is 24.1 Å². The molecule has 18 heavy (non-hydrogen) atoms. The molecule has 6 nitrogen and oxygen atoms in total. The highest BCUT2D eigenvalue weighted by atomic mass is 32.2. The fraction of sp³-hybridized carbons (Fsp3) is 0.400. The quantitative estimate of drug-likeness (QED) is 0.359. The van der Waals surface area contributed by atoms with Crippen molar-refractivity contribution in [3.63, 3.8) is 0 Å². The van der Waals surface area contributed by atoms with Crippen molar-refractivity contribution >= 4 is 23.9 Å². The Balaban J connectivity index is 2.89. The Morgan fingerprint density at radius 3 is 2.11 bits per heavy atom. The predicted molar refractivity (Wildman–Crippen MR) is 69.6 cm³/mol. The van der Waals surface area contributed by atoms with E-state index in [4.69, 9.17) is 4.18 Å². The second kappa shape index (κ2) is 5.17. The predicted octanol–water partition coefficient (Wildman–Crippen LogP) is 2.18. The van der Waals surface area contributed by atoms with Crippen molar-refractivity contribution in [2.24, 2.45) is 0 Å². The number of benzene rings is 1. The highest BCUT2D eigenvalue weighted by Gasteiger charge is 2.21. The zero-order valence-electron chi connectivity index (χ0n) is 10.4. The largest absolute Gasteiger partial charge is 0.296 e. The molecular weight excluding hydrogens is 274 g/mol. The third-order valence-electron chi connectivity index (χ3n) is 1.98. The Kier molecular flexibility index (Phi) is 4.25. The number of nitro groups is 1. The summed E-state index contributed by atoms with van der Waals surface area (Å²) in [5, 5.41) is 10.4. The molecule has 0 N–H and O–H groups in total. The Morgan fingerprint density at radius 2 is 1.72 bits per heavy atom. The second-order valence-corrected chi connectivity index (χ2v) is 12.1. The maximum absolute atomic E-state index is 11.8. The first-order chi connectivity index (χ1) is 8.12. The van der Waals surface area contributed by atoms with Crippen LogP contribution in [0.2, 0.25) is 19.6 Å². The molecule has 1 rings (SSSR count). The Morgan fingerprint density at radius 1 is 1.22 bits per heavy atom. The average Bonchev–Trinajstić information content (AvgIpc) is 2.26. The van der Waals surface area contributed by atoms with Crippen LogP contribution in [0.15, 0.2) is 29.2 Å². The average molecular weight is 289 g/mol. The first-order valence-electron chi connectivity index (χ1n) is 5.26. The van der Waals surface area contributed by atoms with E-state index in [1.54, 1.807) is 0 Å². The number of non-ortho nitro benzene ring substituents is 1. The summed E-state index contributed by atoms with van der Waals surface area (Å²) in [6.45, 7) is 5.95. The minimum atomic E-state index is -3.82. The fourth-order valence-corrected chi connectivity index (χ4v) is 3.70. The van der Waals surface area contributed by atoms with E-state index in [9.17, 15) is 18.5 Å². The van der Waals surface area contributed by atoms with Gasteiger partial charge >= 0.3 is 0 Å². The van der Waals surface area contributed by atoms with E-state index in [0.717, 1.165) is 12.1 Å². The second-order valence-electron chi connectivity index (χ2n) is 5.03. The molecule has 1 aromatic rings. The third-order valence-corrected chi connectivity index (χ3v) is 4.48. The third kappa shape index (κ3) is 4.20. The summed E-state index contributed by atoms with van der Waals surface area (Å²) in [4.78, 5) is 9.80. The van der Waals surface area contributed by atoms with Crippen molar-refractivity contribution in [3.05, 3.63) is 34.4 Å². The molecule has 1 aromatic carbocycles. The Hall–Kier alpha value is -1.25. The number of hydrogen-bond acceptors (Lipinski definition) is 5. The van der Waals surface area contributed by atoms with Crippen LogP contribution in [0.25, 0.3) is 0 Å². The monoisotopic (exact) mass is 289 g/mol. The molecular formula is C10H15NO5SSi. The van der Waals surface area contributed by atoms with Crippen molar-refractivity contribution in [3.8, 4) is 0 Å². The van der Waals surface area contributed by atoms with Gasteiger partial charge in [0.25, 0.3) is 15.8 Å². The van der Waals surface area contributed by atoms with E-state index in [0.29, 0.717) is 0 Å². The van der Waals surface area contributed by atoms with Crippen LogP contribution in [-0.4, -0.2) is 27.6 Å². The minimum Gasteiger partial charge on any atom is -0.270 e. The zero-order chi connectivity index (χ0) is 14.0. The Bertz CT molecular complexity index is 532. The van der Waals surface area contributed by atoms with Gasteiger partial charge in [-0.25, -0.2) is 0 Å². The molecule has 0 bridgehead atoms. The zero-order valence-corrected chi connectivity index (χ0v) is 12.2. The van der Waals surface area contributed by atoms with Crippen LogP contribution in [0.5, 0.6) is 0 Å². The molecule has 0 saturated heterocycles.